The molecule has 5 heteroatoms. The zero-order valence-electron chi connectivity index (χ0n) is 17.2. The molecule has 1 aliphatic rings. The molecule has 0 bridgehead atoms. The molecular formula is C22H39NO4. The van der Waals surface area contributed by atoms with Gasteiger partial charge in [0, 0.05) is 25.3 Å². The average molecular weight is 382 g/mol. The number of carbonyl (C=O) groups is 3. The van der Waals surface area contributed by atoms with Crippen molar-refractivity contribution in [2.45, 2.75) is 110 Å². The summed E-state index contributed by atoms with van der Waals surface area (Å²) in [5.41, 5.74) is 0. The number of carboxylic acid groups (broad SMARTS) is 1. The van der Waals surface area contributed by atoms with Crippen molar-refractivity contribution >= 4 is 17.8 Å². The third kappa shape index (κ3) is 10.5. The topological polar surface area (TPSA) is 74.7 Å². The third-order valence-corrected chi connectivity index (χ3v) is 5.52. The van der Waals surface area contributed by atoms with E-state index in [1.807, 2.05) is 0 Å². The summed E-state index contributed by atoms with van der Waals surface area (Å²) in [4.78, 5) is 36.3. The van der Waals surface area contributed by atoms with Crippen LogP contribution in [0.4, 0.5) is 0 Å². The predicted molar refractivity (Wildman–Crippen MR) is 107 cm³/mol. The molecule has 2 amide bonds. The normalized spacial score (nSPS) is 17.1. The first-order valence-electron chi connectivity index (χ1n) is 11.1. The van der Waals surface area contributed by atoms with Gasteiger partial charge in [0.2, 0.25) is 11.8 Å². The van der Waals surface area contributed by atoms with Crippen LogP contribution >= 0.6 is 0 Å². The Balaban J connectivity index is 2.05. The van der Waals surface area contributed by atoms with E-state index in [1.165, 1.54) is 56.3 Å². The Morgan fingerprint density at radius 3 is 2.04 bits per heavy atom. The summed E-state index contributed by atoms with van der Waals surface area (Å²) in [7, 11) is 0. The number of hydrogen-bond donors (Lipinski definition) is 1. The van der Waals surface area contributed by atoms with Gasteiger partial charge in [-0.15, -0.1) is 0 Å². The number of rotatable bonds is 17. The summed E-state index contributed by atoms with van der Waals surface area (Å²) in [5, 5.41) is 8.62. The number of likely N-dealkylation sites (tertiary alicyclic amines) is 1. The lowest BCUT2D eigenvalue weighted by molar-refractivity contribution is -0.140. The van der Waals surface area contributed by atoms with E-state index in [4.69, 9.17) is 5.11 Å². The predicted octanol–water partition coefficient (Wildman–Crippen LogP) is 5.32. The van der Waals surface area contributed by atoms with Gasteiger partial charge in [-0.3, -0.25) is 19.3 Å². The van der Waals surface area contributed by atoms with E-state index in [2.05, 4.69) is 6.92 Å². The number of unbranched alkanes of at least 4 members (excludes halogenated alkanes) is 11. The number of nitrogens with zero attached hydrogens (tertiary/aromatic N) is 1. The van der Waals surface area contributed by atoms with Crippen molar-refractivity contribution in [3.8, 4) is 0 Å². The average Bonchev–Trinajstić information content (AvgIpc) is 2.90. The Bertz CT molecular complexity index is 450. The van der Waals surface area contributed by atoms with Crippen LogP contribution in [0.25, 0.3) is 0 Å². The van der Waals surface area contributed by atoms with Gasteiger partial charge in [-0.05, 0) is 19.3 Å². The standard InChI is InChI=1S/C22H39NO4/c1-2-3-4-5-6-7-8-9-10-12-15-19-18-20(24)23(22(19)27)17-14-11-13-16-21(25)26/h19H,2-18H2,1H3,(H,25,26). The molecular weight excluding hydrogens is 342 g/mol. The van der Waals surface area contributed by atoms with Gasteiger partial charge < -0.3 is 5.11 Å². The van der Waals surface area contributed by atoms with Crippen LogP contribution in [0.2, 0.25) is 0 Å². The Labute approximate surface area is 164 Å². The summed E-state index contributed by atoms with van der Waals surface area (Å²) in [6, 6.07) is 0. The highest BCUT2D eigenvalue weighted by Crippen LogP contribution is 2.25. The smallest absolute Gasteiger partial charge is 0.303 e. The summed E-state index contributed by atoms with van der Waals surface area (Å²) in [6.07, 6.45) is 16.1. The summed E-state index contributed by atoms with van der Waals surface area (Å²) >= 11 is 0. The van der Waals surface area contributed by atoms with Crippen molar-refractivity contribution in [2.75, 3.05) is 6.54 Å². The first-order valence-corrected chi connectivity index (χ1v) is 11.1. The fourth-order valence-electron chi connectivity index (χ4n) is 3.81. The molecule has 5 nitrogen and oxygen atoms in total. The molecule has 1 saturated heterocycles. The van der Waals surface area contributed by atoms with Crippen molar-refractivity contribution in [2.24, 2.45) is 5.92 Å². The van der Waals surface area contributed by atoms with Gasteiger partial charge in [0.05, 0.1) is 0 Å². The molecule has 1 atom stereocenters. The lowest BCUT2D eigenvalue weighted by Gasteiger charge is -2.14. The molecule has 1 unspecified atom stereocenters. The van der Waals surface area contributed by atoms with Crippen molar-refractivity contribution in [1.82, 2.24) is 4.90 Å². The van der Waals surface area contributed by atoms with E-state index in [0.717, 1.165) is 25.7 Å². The molecule has 1 rings (SSSR count). The lowest BCUT2D eigenvalue weighted by Crippen LogP contribution is -2.31. The van der Waals surface area contributed by atoms with E-state index >= 15 is 0 Å². The maximum Gasteiger partial charge on any atom is 0.303 e. The first-order chi connectivity index (χ1) is 13.1. The minimum atomic E-state index is -0.792. The number of amides is 2. The van der Waals surface area contributed by atoms with Gasteiger partial charge in [0.1, 0.15) is 0 Å². The van der Waals surface area contributed by atoms with Crippen LogP contribution in [0.3, 0.4) is 0 Å². The zero-order valence-corrected chi connectivity index (χ0v) is 17.2. The Morgan fingerprint density at radius 1 is 0.889 bits per heavy atom. The highest BCUT2D eigenvalue weighted by Gasteiger charge is 2.37. The number of imide groups is 1. The largest absolute Gasteiger partial charge is 0.481 e. The van der Waals surface area contributed by atoms with Gasteiger partial charge >= 0.3 is 5.97 Å². The quantitative estimate of drug-likeness (QED) is 0.273. The van der Waals surface area contributed by atoms with Crippen LogP contribution in [-0.4, -0.2) is 34.3 Å². The summed E-state index contributed by atoms with van der Waals surface area (Å²) < 4.78 is 0. The Kier molecular flexibility index (Phi) is 12.8. The second-order valence-electron chi connectivity index (χ2n) is 7.96. The number of carbonyl (C=O) groups excluding carboxylic acids is 2. The summed E-state index contributed by atoms with van der Waals surface area (Å²) in [6.45, 7) is 2.69. The number of carboxylic acids is 1. The molecule has 0 aromatic heterocycles. The van der Waals surface area contributed by atoms with Crippen LogP contribution in [-0.2, 0) is 14.4 Å². The summed E-state index contributed by atoms with van der Waals surface area (Å²) in [5.74, 6) is -0.963. The molecule has 0 saturated carbocycles. The maximum atomic E-state index is 12.4. The van der Waals surface area contributed by atoms with Crippen LogP contribution in [0.15, 0.2) is 0 Å². The zero-order chi connectivity index (χ0) is 19.9. The fourth-order valence-corrected chi connectivity index (χ4v) is 3.81. The molecule has 1 heterocycles. The van der Waals surface area contributed by atoms with Gasteiger partial charge in [0.25, 0.3) is 0 Å². The van der Waals surface area contributed by atoms with E-state index in [-0.39, 0.29) is 24.2 Å². The van der Waals surface area contributed by atoms with Crippen LogP contribution in [0.5, 0.6) is 0 Å². The SMILES string of the molecule is CCCCCCCCCCCCC1CC(=O)N(CCCCCC(=O)O)C1=O. The highest BCUT2D eigenvalue weighted by molar-refractivity contribution is 6.03. The van der Waals surface area contributed by atoms with Crippen LogP contribution < -0.4 is 0 Å². The molecule has 0 aromatic carbocycles. The van der Waals surface area contributed by atoms with E-state index < -0.39 is 5.97 Å². The lowest BCUT2D eigenvalue weighted by atomic mass is 9.98. The Morgan fingerprint density at radius 2 is 1.44 bits per heavy atom. The second-order valence-corrected chi connectivity index (χ2v) is 7.96. The molecule has 1 aliphatic heterocycles. The van der Waals surface area contributed by atoms with Gasteiger partial charge in [-0.25, -0.2) is 0 Å². The van der Waals surface area contributed by atoms with Gasteiger partial charge in [-0.2, -0.15) is 0 Å². The molecule has 0 aromatic rings. The van der Waals surface area contributed by atoms with E-state index in [0.29, 0.717) is 25.8 Å². The molecule has 0 radical (unpaired) electrons. The molecule has 0 aliphatic carbocycles. The van der Waals surface area contributed by atoms with Crippen LogP contribution in [0.1, 0.15) is 110 Å². The molecule has 27 heavy (non-hydrogen) atoms. The monoisotopic (exact) mass is 381 g/mol. The minimum Gasteiger partial charge on any atom is -0.481 e. The van der Waals surface area contributed by atoms with Crippen molar-refractivity contribution < 1.29 is 19.5 Å². The highest BCUT2D eigenvalue weighted by atomic mass is 16.4. The van der Waals surface area contributed by atoms with E-state index in [1.54, 1.807) is 0 Å². The molecule has 1 N–H and O–H groups in total. The number of hydrogen-bond acceptors (Lipinski definition) is 3. The molecule has 156 valence electrons. The first kappa shape index (κ1) is 23.6. The molecule has 1 fully saturated rings. The molecule has 0 spiro atoms. The van der Waals surface area contributed by atoms with Crippen LogP contribution in [0, 0.1) is 5.92 Å². The Hall–Kier alpha value is -1.39. The third-order valence-electron chi connectivity index (χ3n) is 5.52. The van der Waals surface area contributed by atoms with Crippen molar-refractivity contribution in [3.63, 3.8) is 0 Å². The fraction of sp³-hybridized carbons (Fsp3) is 0.864. The minimum absolute atomic E-state index is 0.00541. The van der Waals surface area contributed by atoms with Crippen molar-refractivity contribution in [1.29, 1.82) is 0 Å². The van der Waals surface area contributed by atoms with E-state index in [9.17, 15) is 14.4 Å². The second kappa shape index (κ2) is 14.6. The van der Waals surface area contributed by atoms with Gasteiger partial charge in [0.15, 0.2) is 0 Å². The number of aliphatic carboxylic acids is 1. The maximum absolute atomic E-state index is 12.4. The van der Waals surface area contributed by atoms with Gasteiger partial charge in [-0.1, -0.05) is 77.6 Å². The van der Waals surface area contributed by atoms with Crippen molar-refractivity contribution in [3.05, 3.63) is 0 Å².